The molecule has 9 aliphatic carbocycles. The molecule has 0 aromatic heterocycles. The smallest absolute Gasteiger partial charge is 0.428 e. The Bertz CT molecular complexity index is 2390. The lowest BCUT2D eigenvalue weighted by atomic mass is 9.50. The van der Waals surface area contributed by atoms with Gasteiger partial charge < -0.3 is 38.6 Å². The molecule has 9 saturated carbocycles. The largest absolute Gasteiger partial charge is 0.498 e. The van der Waals surface area contributed by atoms with E-state index in [1.54, 1.807) is 14.0 Å². The zero-order chi connectivity index (χ0) is 69.0. The molecule has 0 heterocycles. The highest BCUT2D eigenvalue weighted by Crippen LogP contribution is 2.61. The van der Waals surface area contributed by atoms with Crippen molar-refractivity contribution in [3.05, 3.63) is 62.3 Å². The van der Waals surface area contributed by atoms with Gasteiger partial charge in [0, 0.05) is 31.3 Å². The van der Waals surface area contributed by atoms with E-state index in [9.17, 15) is 77.3 Å². The van der Waals surface area contributed by atoms with Crippen LogP contribution in [0.2, 0.25) is 0 Å². The molecule has 91 heavy (non-hydrogen) atoms. The maximum absolute atomic E-state index is 13.7. The number of methoxy groups -OCH3 is 2. The second-order valence-corrected chi connectivity index (χ2v) is 27.6. The van der Waals surface area contributed by atoms with Crippen LogP contribution in [0.5, 0.6) is 0 Å². The molecule has 0 spiro atoms. The Labute approximate surface area is 530 Å². The Kier molecular flexibility index (Phi) is 28.1. The Balaban J connectivity index is 0.000000244. The van der Waals surface area contributed by atoms with Crippen molar-refractivity contribution in [2.45, 2.75) is 255 Å². The molecule has 0 aromatic rings. The van der Waals surface area contributed by atoms with Crippen LogP contribution >= 0.6 is 0 Å². The molecule has 9 rings (SSSR count). The van der Waals surface area contributed by atoms with Crippen molar-refractivity contribution in [2.75, 3.05) is 14.2 Å². The van der Waals surface area contributed by atoms with Gasteiger partial charge in [0.15, 0.2) is 11.2 Å². The summed E-state index contributed by atoms with van der Waals surface area (Å²) in [5.41, 5.74) is -8.42. The first-order valence-corrected chi connectivity index (χ1v) is 32.3. The van der Waals surface area contributed by atoms with Gasteiger partial charge in [0.05, 0.1) is 26.7 Å². The summed E-state index contributed by atoms with van der Waals surface area (Å²) < 4.78 is 188. The molecule has 9 aliphatic rings. The SMILES string of the molecule is C=C(C)C(=C)OC.C=C(C)C(=O)OC.C=COC1C2CCCCC2C(C(C)(O)C(F)(F)F)C2CCCCC21.C=COC1CCC(C(C)(O)C(F)(F)F)C2CCCCC12.CC(=O)OC(C)(CC1CC2CCC1C2)C(F)(F)F.CC(=O)OC1(C(F)(F)F)CC2CCC1C2. The summed E-state index contributed by atoms with van der Waals surface area (Å²) >= 11 is 0. The van der Waals surface area contributed by atoms with E-state index in [-0.39, 0.29) is 78.4 Å². The highest BCUT2D eigenvalue weighted by Gasteiger charge is 2.69. The average molecular weight is 1320 g/mol. The van der Waals surface area contributed by atoms with Gasteiger partial charge in [-0.15, -0.1) is 0 Å². The third-order valence-corrected chi connectivity index (χ3v) is 21.6. The molecule has 524 valence electrons. The van der Waals surface area contributed by atoms with Gasteiger partial charge in [0.1, 0.15) is 18.0 Å². The molecule has 9 fully saturated rings. The molecule has 2 N–H and O–H groups in total. The first kappa shape index (κ1) is 79.0. The number of allylic oxidation sites excluding steroid dienone is 1. The van der Waals surface area contributed by atoms with E-state index in [0.717, 1.165) is 149 Å². The van der Waals surface area contributed by atoms with E-state index in [4.69, 9.17) is 14.2 Å². The fourth-order valence-corrected chi connectivity index (χ4v) is 17.3. The molecule has 11 nitrogen and oxygen atoms in total. The second kappa shape index (κ2) is 32.4. The Morgan fingerprint density at radius 2 is 1.03 bits per heavy atom. The Morgan fingerprint density at radius 3 is 1.37 bits per heavy atom. The summed E-state index contributed by atoms with van der Waals surface area (Å²) in [7, 11) is 2.91. The van der Waals surface area contributed by atoms with E-state index in [2.05, 4.69) is 47.1 Å². The van der Waals surface area contributed by atoms with Gasteiger partial charge in [-0.1, -0.05) is 77.8 Å². The number of hydrogen-bond acceptors (Lipinski definition) is 11. The molecular formula is C68H102F12O11. The molecular weight excluding hydrogens is 1220 g/mol. The normalized spacial score (nSPS) is 33.9. The first-order chi connectivity index (χ1) is 42.0. The molecule has 0 radical (unpaired) electrons. The molecule has 17 atom stereocenters. The number of alkyl halides is 12. The van der Waals surface area contributed by atoms with Gasteiger partial charge in [-0.25, -0.2) is 4.79 Å². The van der Waals surface area contributed by atoms with Crippen LogP contribution in [0.15, 0.2) is 62.3 Å². The lowest BCUT2D eigenvalue weighted by molar-refractivity contribution is -0.302. The summed E-state index contributed by atoms with van der Waals surface area (Å²) in [6, 6.07) is 0. The minimum atomic E-state index is -4.59. The molecule has 4 bridgehead atoms. The third-order valence-electron chi connectivity index (χ3n) is 21.6. The van der Waals surface area contributed by atoms with E-state index in [0.29, 0.717) is 48.9 Å². The van der Waals surface area contributed by atoms with Crippen molar-refractivity contribution >= 4 is 17.9 Å². The maximum atomic E-state index is 13.7. The predicted molar refractivity (Wildman–Crippen MR) is 320 cm³/mol. The molecule has 23 heteroatoms. The lowest BCUT2D eigenvalue weighted by Gasteiger charge is -2.58. The van der Waals surface area contributed by atoms with Crippen LogP contribution in [0.1, 0.15) is 196 Å². The zero-order valence-corrected chi connectivity index (χ0v) is 54.7. The van der Waals surface area contributed by atoms with Gasteiger partial charge in [0.2, 0.25) is 11.2 Å². The fraction of sp³-hybridized carbons (Fsp3) is 0.809. The summed E-state index contributed by atoms with van der Waals surface area (Å²) in [5, 5.41) is 20.6. The zero-order valence-electron chi connectivity index (χ0n) is 54.7. The third kappa shape index (κ3) is 19.4. The van der Waals surface area contributed by atoms with Gasteiger partial charge in [-0.05, 0) is 208 Å². The monoisotopic (exact) mass is 1320 g/mol. The molecule has 0 amide bonds. The second-order valence-electron chi connectivity index (χ2n) is 27.6. The lowest BCUT2D eigenvalue weighted by Crippen LogP contribution is -2.62. The van der Waals surface area contributed by atoms with Crippen molar-refractivity contribution in [1.29, 1.82) is 0 Å². The van der Waals surface area contributed by atoms with Crippen LogP contribution in [-0.4, -0.2) is 102 Å². The van der Waals surface area contributed by atoms with Crippen LogP contribution in [0.4, 0.5) is 52.7 Å². The number of fused-ring (bicyclic) bond motifs is 7. The van der Waals surface area contributed by atoms with Crippen molar-refractivity contribution in [3.8, 4) is 0 Å². The number of carbonyl (C=O) groups is 3. The molecule has 17 unspecified atom stereocenters. The number of esters is 3. The van der Waals surface area contributed by atoms with Crippen molar-refractivity contribution in [2.24, 2.45) is 76.9 Å². The first-order valence-electron chi connectivity index (χ1n) is 32.3. The predicted octanol–water partition coefficient (Wildman–Crippen LogP) is 17.9. The number of rotatable bonds is 13. The van der Waals surface area contributed by atoms with Crippen LogP contribution < -0.4 is 0 Å². The van der Waals surface area contributed by atoms with Gasteiger partial charge >= 0.3 is 42.6 Å². The van der Waals surface area contributed by atoms with Crippen molar-refractivity contribution < 1.29 is 106 Å². The number of halogens is 12. The number of carbonyl (C=O) groups excluding carboxylic acids is 3. The topological polar surface area (TPSA) is 147 Å². The van der Waals surface area contributed by atoms with Crippen LogP contribution in [0.25, 0.3) is 0 Å². The average Bonchev–Trinajstić information content (AvgIpc) is 1.50. The summed E-state index contributed by atoms with van der Waals surface area (Å²) in [5.74, 6) is -2.25. The van der Waals surface area contributed by atoms with E-state index in [1.165, 1.54) is 19.6 Å². The Hall–Kier alpha value is -4.41. The van der Waals surface area contributed by atoms with E-state index in [1.807, 2.05) is 6.92 Å². The fourth-order valence-electron chi connectivity index (χ4n) is 17.3. The van der Waals surface area contributed by atoms with Crippen LogP contribution in [-0.2, 0) is 42.8 Å². The standard InChI is InChI=1S/C19H29F3O2.C15H23F3O2.C13H19F3O2.C10H13F3O2.C6H10O.C5H8O2/c1-3-24-17-14-10-6-4-8-12(14)16(18(2,23)19(20,21)22)13-9-5-7-11-15(13)17;1-3-20-13-9-8-12(14(2,19)15(16,17)18)10-6-4-5-7-11(10)13;1-8(17)18-12(2,13(14,15)16)7-11-6-9-3-4-10(11)5-9;1-6(14)15-9(10(11,12)13)5-7-2-3-8(9)4-7;1-5(2)6(3)7-4;1-4(2)5(6)7-3/h3,12-17,23H,1,4-11H2,2H3;3,10-13,19H,1,4-9H2,2H3;9-11H,3-7H2,1-2H3;7-8H,2-5H2,1H3;1,3H2,2,4H3;1H2,2-3H3. The molecule has 0 saturated heterocycles. The quantitative estimate of drug-likeness (QED) is 0.0454. The molecule has 0 aromatic carbocycles. The van der Waals surface area contributed by atoms with Crippen LogP contribution in [0.3, 0.4) is 0 Å². The number of aliphatic hydroxyl groups is 2. The van der Waals surface area contributed by atoms with Gasteiger partial charge in [-0.3, -0.25) is 9.59 Å². The van der Waals surface area contributed by atoms with E-state index < -0.39 is 76.8 Å². The van der Waals surface area contributed by atoms with Gasteiger partial charge in [-0.2, -0.15) is 52.7 Å². The summed E-state index contributed by atoms with van der Waals surface area (Å²) in [6.45, 7) is 26.2. The molecule has 0 aliphatic heterocycles. The van der Waals surface area contributed by atoms with Crippen LogP contribution in [0, 0.1) is 76.9 Å². The minimum absolute atomic E-state index is 0.0293. The van der Waals surface area contributed by atoms with Crippen molar-refractivity contribution in [3.63, 3.8) is 0 Å². The van der Waals surface area contributed by atoms with Gasteiger partial charge in [0.25, 0.3) is 0 Å². The number of hydrogen-bond donors (Lipinski definition) is 2. The highest BCUT2D eigenvalue weighted by molar-refractivity contribution is 5.86. The minimum Gasteiger partial charge on any atom is -0.498 e. The highest BCUT2D eigenvalue weighted by atomic mass is 19.4. The maximum Gasteiger partial charge on any atom is 0.428 e. The number of ether oxygens (including phenoxy) is 6. The van der Waals surface area contributed by atoms with E-state index >= 15 is 0 Å². The van der Waals surface area contributed by atoms with Crippen molar-refractivity contribution in [1.82, 2.24) is 0 Å². The summed E-state index contributed by atoms with van der Waals surface area (Å²) in [4.78, 5) is 31.9. The summed E-state index contributed by atoms with van der Waals surface area (Å²) in [6.07, 6.45) is 2.37. The Morgan fingerprint density at radius 1 is 0.538 bits per heavy atom.